The molecule has 0 saturated carbocycles. The molecule has 3 aromatic rings. The number of rotatable bonds is 3. The third-order valence-corrected chi connectivity index (χ3v) is 3.92. The Kier molecular flexibility index (Phi) is 3.88. The van der Waals surface area contributed by atoms with Crippen molar-refractivity contribution in [2.24, 2.45) is 0 Å². The van der Waals surface area contributed by atoms with Gasteiger partial charge in [0, 0.05) is 4.90 Å². The van der Waals surface area contributed by atoms with E-state index in [0.29, 0.717) is 5.69 Å². The van der Waals surface area contributed by atoms with Gasteiger partial charge in [0.2, 0.25) is 0 Å². The van der Waals surface area contributed by atoms with Crippen molar-refractivity contribution in [2.45, 2.75) is 4.90 Å². The van der Waals surface area contributed by atoms with Gasteiger partial charge in [-0.05, 0) is 42.2 Å². The third kappa shape index (κ3) is 3.06. The van der Waals surface area contributed by atoms with Gasteiger partial charge in [0.15, 0.2) is 0 Å². The standard InChI is InChI=1S/C17H14N2OS/c1-21-13-9-6-12(7-10-13)8-11-16-17(20)19-15-5-3-2-4-14(15)18-16/h2-11H,1H3,(H,19,20)/b11-8+. The van der Waals surface area contributed by atoms with Crippen molar-refractivity contribution in [3.05, 3.63) is 70.1 Å². The number of aromatic amines is 1. The van der Waals surface area contributed by atoms with Crippen molar-refractivity contribution >= 4 is 34.9 Å². The molecule has 0 saturated heterocycles. The zero-order chi connectivity index (χ0) is 14.7. The van der Waals surface area contributed by atoms with Crippen LogP contribution in [-0.2, 0) is 0 Å². The zero-order valence-electron chi connectivity index (χ0n) is 11.5. The van der Waals surface area contributed by atoms with Gasteiger partial charge in [-0.1, -0.05) is 30.3 Å². The number of benzene rings is 2. The molecule has 1 N–H and O–H groups in total. The summed E-state index contributed by atoms with van der Waals surface area (Å²) in [7, 11) is 0. The summed E-state index contributed by atoms with van der Waals surface area (Å²) in [5.74, 6) is 0. The maximum atomic E-state index is 12.0. The topological polar surface area (TPSA) is 45.8 Å². The molecule has 1 heterocycles. The van der Waals surface area contributed by atoms with Crippen molar-refractivity contribution < 1.29 is 0 Å². The molecule has 0 amide bonds. The number of fused-ring (bicyclic) bond motifs is 1. The fourth-order valence-electron chi connectivity index (χ4n) is 2.05. The maximum Gasteiger partial charge on any atom is 0.274 e. The molecule has 0 aliphatic heterocycles. The lowest BCUT2D eigenvalue weighted by Crippen LogP contribution is -2.11. The molecule has 2 aromatic carbocycles. The number of nitrogens with zero attached hydrogens (tertiary/aromatic N) is 1. The van der Waals surface area contributed by atoms with Crippen LogP contribution in [0.15, 0.2) is 58.2 Å². The number of hydrogen-bond donors (Lipinski definition) is 1. The quantitative estimate of drug-likeness (QED) is 0.747. The number of H-pyrrole nitrogens is 1. The highest BCUT2D eigenvalue weighted by atomic mass is 32.2. The van der Waals surface area contributed by atoms with E-state index < -0.39 is 0 Å². The maximum absolute atomic E-state index is 12.0. The summed E-state index contributed by atoms with van der Waals surface area (Å²) >= 11 is 1.70. The average molecular weight is 294 g/mol. The fourth-order valence-corrected chi connectivity index (χ4v) is 2.46. The zero-order valence-corrected chi connectivity index (χ0v) is 12.4. The fraction of sp³-hybridized carbons (Fsp3) is 0.0588. The first-order valence-electron chi connectivity index (χ1n) is 6.57. The van der Waals surface area contributed by atoms with Crippen molar-refractivity contribution in [1.82, 2.24) is 9.97 Å². The summed E-state index contributed by atoms with van der Waals surface area (Å²) in [6, 6.07) is 15.7. The van der Waals surface area contributed by atoms with Crippen LogP contribution in [0.3, 0.4) is 0 Å². The Morgan fingerprint density at radius 2 is 1.81 bits per heavy atom. The predicted molar refractivity (Wildman–Crippen MR) is 89.5 cm³/mol. The number of hydrogen-bond acceptors (Lipinski definition) is 3. The van der Waals surface area contributed by atoms with Gasteiger partial charge in [0.05, 0.1) is 11.0 Å². The van der Waals surface area contributed by atoms with Crippen molar-refractivity contribution in [3.63, 3.8) is 0 Å². The van der Waals surface area contributed by atoms with E-state index in [2.05, 4.69) is 22.1 Å². The normalized spacial score (nSPS) is 11.3. The molecular formula is C17H14N2OS. The monoisotopic (exact) mass is 294 g/mol. The number of aromatic nitrogens is 2. The molecule has 0 unspecified atom stereocenters. The summed E-state index contributed by atoms with van der Waals surface area (Å²) in [6.07, 6.45) is 5.69. The number of nitrogens with one attached hydrogen (secondary N) is 1. The summed E-state index contributed by atoms with van der Waals surface area (Å²) in [5.41, 5.74) is 2.83. The number of para-hydroxylation sites is 2. The van der Waals surface area contributed by atoms with E-state index in [9.17, 15) is 4.79 Å². The Bertz CT molecular complexity index is 851. The van der Waals surface area contributed by atoms with Gasteiger partial charge < -0.3 is 4.98 Å². The molecule has 1 aromatic heterocycles. The molecule has 0 fully saturated rings. The Balaban J connectivity index is 1.94. The van der Waals surface area contributed by atoms with Gasteiger partial charge >= 0.3 is 0 Å². The van der Waals surface area contributed by atoms with E-state index in [-0.39, 0.29) is 5.56 Å². The van der Waals surface area contributed by atoms with Gasteiger partial charge in [-0.3, -0.25) is 4.79 Å². The van der Waals surface area contributed by atoms with Crippen molar-refractivity contribution in [1.29, 1.82) is 0 Å². The van der Waals surface area contributed by atoms with Crippen LogP contribution in [0.2, 0.25) is 0 Å². The Hall–Kier alpha value is -2.33. The van der Waals surface area contributed by atoms with Gasteiger partial charge in [0.25, 0.3) is 5.56 Å². The smallest absolute Gasteiger partial charge is 0.274 e. The van der Waals surface area contributed by atoms with E-state index in [0.717, 1.165) is 16.6 Å². The van der Waals surface area contributed by atoms with Crippen LogP contribution >= 0.6 is 11.8 Å². The largest absolute Gasteiger partial charge is 0.319 e. The van der Waals surface area contributed by atoms with Crippen LogP contribution in [0, 0.1) is 0 Å². The molecule has 0 aliphatic carbocycles. The summed E-state index contributed by atoms with van der Waals surface area (Å²) in [5, 5.41) is 0. The molecule has 0 spiro atoms. The lowest BCUT2D eigenvalue weighted by Gasteiger charge is -1.99. The molecule has 0 aliphatic rings. The molecular weight excluding hydrogens is 280 g/mol. The van der Waals surface area contributed by atoms with Gasteiger partial charge in [0.1, 0.15) is 5.69 Å². The first-order chi connectivity index (χ1) is 10.3. The molecule has 4 heteroatoms. The summed E-state index contributed by atoms with van der Waals surface area (Å²) < 4.78 is 0. The number of thioether (sulfide) groups is 1. The van der Waals surface area contributed by atoms with E-state index in [4.69, 9.17) is 0 Å². The highest BCUT2D eigenvalue weighted by Crippen LogP contribution is 2.16. The van der Waals surface area contributed by atoms with E-state index in [1.807, 2.05) is 48.7 Å². The third-order valence-electron chi connectivity index (χ3n) is 3.18. The molecule has 0 bridgehead atoms. The molecule has 0 radical (unpaired) electrons. The first-order valence-corrected chi connectivity index (χ1v) is 7.80. The lowest BCUT2D eigenvalue weighted by atomic mass is 10.2. The van der Waals surface area contributed by atoms with Crippen molar-refractivity contribution in [2.75, 3.05) is 6.26 Å². The molecule has 0 atom stereocenters. The van der Waals surface area contributed by atoms with Gasteiger partial charge in [-0.2, -0.15) is 0 Å². The van der Waals surface area contributed by atoms with E-state index in [1.165, 1.54) is 4.90 Å². The SMILES string of the molecule is CSc1ccc(/C=C/c2nc3ccccc3[nH]c2=O)cc1. The van der Waals surface area contributed by atoms with Crippen LogP contribution in [0.5, 0.6) is 0 Å². The lowest BCUT2D eigenvalue weighted by molar-refractivity contribution is 1.19. The van der Waals surface area contributed by atoms with Gasteiger partial charge in [-0.25, -0.2) is 4.98 Å². The molecule has 104 valence electrons. The second-order valence-corrected chi connectivity index (χ2v) is 5.45. The molecule has 3 rings (SSSR count). The van der Waals surface area contributed by atoms with Crippen LogP contribution < -0.4 is 5.56 Å². The van der Waals surface area contributed by atoms with Gasteiger partial charge in [-0.15, -0.1) is 11.8 Å². The molecule has 21 heavy (non-hydrogen) atoms. The average Bonchev–Trinajstić information content (AvgIpc) is 2.53. The van der Waals surface area contributed by atoms with Crippen LogP contribution in [0.1, 0.15) is 11.3 Å². The Morgan fingerprint density at radius 3 is 2.57 bits per heavy atom. The minimum atomic E-state index is -0.175. The Morgan fingerprint density at radius 1 is 1.05 bits per heavy atom. The van der Waals surface area contributed by atoms with Crippen LogP contribution in [-0.4, -0.2) is 16.2 Å². The van der Waals surface area contributed by atoms with E-state index >= 15 is 0 Å². The van der Waals surface area contributed by atoms with Crippen LogP contribution in [0.25, 0.3) is 23.2 Å². The summed E-state index contributed by atoms with van der Waals surface area (Å²) in [6.45, 7) is 0. The van der Waals surface area contributed by atoms with Crippen LogP contribution in [0.4, 0.5) is 0 Å². The molecule has 3 nitrogen and oxygen atoms in total. The summed E-state index contributed by atoms with van der Waals surface area (Å²) in [4.78, 5) is 20.4. The second kappa shape index (κ2) is 5.97. The highest BCUT2D eigenvalue weighted by Gasteiger charge is 2.00. The minimum absolute atomic E-state index is 0.175. The predicted octanol–water partition coefficient (Wildman–Crippen LogP) is 3.82. The minimum Gasteiger partial charge on any atom is -0.319 e. The Labute approximate surface area is 126 Å². The second-order valence-electron chi connectivity index (χ2n) is 4.57. The van der Waals surface area contributed by atoms with Crippen molar-refractivity contribution in [3.8, 4) is 0 Å². The van der Waals surface area contributed by atoms with E-state index in [1.54, 1.807) is 17.8 Å². The first kappa shape index (κ1) is 13.6. The highest BCUT2D eigenvalue weighted by molar-refractivity contribution is 7.98.